The summed E-state index contributed by atoms with van der Waals surface area (Å²) < 4.78 is 5.76. The number of ether oxygens (including phenoxy) is 1. The number of aromatic nitrogens is 2. The second kappa shape index (κ2) is 6.73. The van der Waals surface area contributed by atoms with Gasteiger partial charge in [0.2, 0.25) is 5.88 Å². The highest BCUT2D eigenvalue weighted by Gasteiger charge is 2.08. The molecule has 3 N–H and O–H groups in total. The maximum Gasteiger partial charge on any atom is 0.233 e. The highest BCUT2D eigenvalue weighted by Crippen LogP contribution is 2.24. The minimum Gasteiger partial charge on any atom is -0.472 e. The van der Waals surface area contributed by atoms with E-state index < -0.39 is 0 Å². The molecule has 0 unspecified atom stereocenters. The second-order valence-electron chi connectivity index (χ2n) is 5.16. The zero-order chi connectivity index (χ0) is 16.2. The maximum absolute atomic E-state index is 5.90. The van der Waals surface area contributed by atoms with E-state index in [0.29, 0.717) is 17.5 Å². The predicted octanol–water partition coefficient (Wildman–Crippen LogP) is 3.62. The molecule has 23 heavy (non-hydrogen) atoms. The van der Waals surface area contributed by atoms with E-state index in [0.717, 1.165) is 22.5 Å². The lowest BCUT2D eigenvalue weighted by Gasteiger charge is -2.16. The summed E-state index contributed by atoms with van der Waals surface area (Å²) in [6.07, 6.45) is 0. The number of aromatic amines is 1. The van der Waals surface area contributed by atoms with E-state index in [2.05, 4.69) is 10.2 Å². The third kappa shape index (κ3) is 3.64. The summed E-state index contributed by atoms with van der Waals surface area (Å²) in [5.41, 5.74) is 3.79. The van der Waals surface area contributed by atoms with Crippen molar-refractivity contribution in [1.82, 2.24) is 10.2 Å². The lowest BCUT2D eigenvalue weighted by molar-refractivity contribution is 0.293. The van der Waals surface area contributed by atoms with E-state index in [4.69, 9.17) is 22.2 Å². The van der Waals surface area contributed by atoms with Crippen LogP contribution >= 0.6 is 11.6 Å². The largest absolute Gasteiger partial charge is 0.472 e. The van der Waals surface area contributed by atoms with Crippen LogP contribution in [0.15, 0.2) is 54.6 Å². The van der Waals surface area contributed by atoms with E-state index >= 15 is 0 Å². The number of para-hydroxylation sites is 1. The fourth-order valence-corrected chi connectivity index (χ4v) is 2.41. The van der Waals surface area contributed by atoms with Gasteiger partial charge in [0.05, 0.1) is 11.4 Å². The molecule has 0 fully saturated rings. The molecule has 0 amide bonds. The van der Waals surface area contributed by atoms with Crippen molar-refractivity contribution in [3.8, 4) is 17.1 Å². The highest BCUT2D eigenvalue weighted by molar-refractivity contribution is 6.30. The van der Waals surface area contributed by atoms with Gasteiger partial charge >= 0.3 is 0 Å². The first-order chi connectivity index (χ1) is 11.1. The summed E-state index contributed by atoms with van der Waals surface area (Å²) in [5.74, 6) is 6.35. The number of anilines is 1. The summed E-state index contributed by atoms with van der Waals surface area (Å²) >= 11 is 5.90. The summed E-state index contributed by atoms with van der Waals surface area (Å²) in [6, 6.07) is 17.2. The number of nitrogens with one attached hydrogen (secondary N) is 1. The van der Waals surface area contributed by atoms with Gasteiger partial charge in [-0.25, -0.2) is 5.84 Å². The molecule has 0 aliphatic carbocycles. The SMILES string of the molecule is CN(N)c1ccccc1COc1cc(-c2ccc(Cl)cc2)[nH]n1. The fraction of sp³-hybridized carbons (Fsp3) is 0.118. The first kappa shape index (κ1) is 15.4. The Bertz CT molecular complexity index is 783. The number of halogens is 1. The smallest absolute Gasteiger partial charge is 0.233 e. The Hall–Kier alpha value is -2.50. The number of rotatable bonds is 5. The molecule has 0 saturated heterocycles. The molecular weight excluding hydrogens is 312 g/mol. The molecule has 6 heteroatoms. The van der Waals surface area contributed by atoms with Gasteiger partial charge in [-0.2, -0.15) is 0 Å². The molecule has 3 aromatic rings. The van der Waals surface area contributed by atoms with E-state index in [1.165, 1.54) is 0 Å². The van der Waals surface area contributed by atoms with Gasteiger partial charge in [-0.1, -0.05) is 41.9 Å². The number of benzene rings is 2. The van der Waals surface area contributed by atoms with Gasteiger partial charge in [0, 0.05) is 23.7 Å². The molecule has 0 aliphatic heterocycles. The van der Waals surface area contributed by atoms with Gasteiger partial charge in [0.15, 0.2) is 0 Å². The van der Waals surface area contributed by atoms with Crippen LogP contribution in [0, 0.1) is 0 Å². The van der Waals surface area contributed by atoms with Crippen molar-refractivity contribution in [3.63, 3.8) is 0 Å². The molecule has 0 bridgehead atoms. The van der Waals surface area contributed by atoms with Gasteiger partial charge in [-0.3, -0.25) is 5.10 Å². The summed E-state index contributed by atoms with van der Waals surface area (Å²) in [6.45, 7) is 0.391. The molecule has 0 radical (unpaired) electrons. The average Bonchev–Trinajstić information content (AvgIpc) is 3.03. The van der Waals surface area contributed by atoms with Gasteiger partial charge in [-0.05, 0) is 23.8 Å². The van der Waals surface area contributed by atoms with Crippen LogP contribution in [0.1, 0.15) is 5.56 Å². The molecule has 1 heterocycles. The number of nitrogens with zero attached hydrogens (tertiary/aromatic N) is 2. The molecule has 118 valence electrons. The van der Waals surface area contributed by atoms with Crippen LogP contribution in [-0.2, 0) is 6.61 Å². The van der Waals surface area contributed by atoms with Gasteiger partial charge in [-0.15, -0.1) is 5.10 Å². The third-order valence-electron chi connectivity index (χ3n) is 3.46. The Morgan fingerprint density at radius 3 is 2.65 bits per heavy atom. The van der Waals surface area contributed by atoms with Crippen molar-refractivity contribution in [2.45, 2.75) is 6.61 Å². The van der Waals surface area contributed by atoms with Crippen LogP contribution in [0.3, 0.4) is 0 Å². The zero-order valence-electron chi connectivity index (χ0n) is 12.7. The van der Waals surface area contributed by atoms with Crippen molar-refractivity contribution in [2.24, 2.45) is 5.84 Å². The molecule has 1 aromatic heterocycles. The minimum atomic E-state index is 0.391. The highest BCUT2D eigenvalue weighted by atomic mass is 35.5. The van der Waals surface area contributed by atoms with Crippen molar-refractivity contribution in [2.75, 3.05) is 12.1 Å². The standard InChI is InChI=1S/C17H17ClN4O/c1-22(19)16-5-3-2-4-13(16)11-23-17-10-15(20-21-17)12-6-8-14(18)9-7-12/h2-10H,11,19H2,1H3,(H,20,21). The van der Waals surface area contributed by atoms with E-state index in [1.54, 1.807) is 12.1 Å². The van der Waals surface area contributed by atoms with Crippen molar-refractivity contribution < 1.29 is 4.74 Å². The van der Waals surface area contributed by atoms with E-state index in [1.807, 2.05) is 54.6 Å². The number of hydrogen-bond acceptors (Lipinski definition) is 4. The van der Waals surface area contributed by atoms with Crippen LogP contribution in [-0.4, -0.2) is 17.2 Å². The summed E-state index contributed by atoms with van der Waals surface area (Å²) in [7, 11) is 1.80. The molecule has 2 aromatic carbocycles. The fourth-order valence-electron chi connectivity index (χ4n) is 2.28. The number of hydrazine groups is 1. The molecular formula is C17H17ClN4O. The Kier molecular flexibility index (Phi) is 4.50. The Morgan fingerprint density at radius 2 is 1.91 bits per heavy atom. The van der Waals surface area contributed by atoms with Crippen LogP contribution < -0.4 is 15.6 Å². The topological polar surface area (TPSA) is 67.2 Å². The maximum atomic E-state index is 5.90. The number of H-pyrrole nitrogens is 1. The van der Waals surface area contributed by atoms with Crippen molar-refractivity contribution in [3.05, 3.63) is 65.2 Å². The quantitative estimate of drug-likeness (QED) is 0.554. The van der Waals surface area contributed by atoms with Crippen LogP contribution in [0.25, 0.3) is 11.3 Å². The molecule has 0 spiro atoms. The minimum absolute atomic E-state index is 0.391. The van der Waals surface area contributed by atoms with Crippen LogP contribution in [0.5, 0.6) is 5.88 Å². The Morgan fingerprint density at radius 1 is 1.17 bits per heavy atom. The molecule has 3 rings (SSSR count). The van der Waals surface area contributed by atoms with Gasteiger partial charge in [0.1, 0.15) is 6.61 Å². The predicted molar refractivity (Wildman–Crippen MR) is 92.4 cm³/mol. The van der Waals surface area contributed by atoms with Gasteiger partial charge in [0.25, 0.3) is 0 Å². The monoisotopic (exact) mass is 328 g/mol. The van der Waals surface area contributed by atoms with Crippen molar-refractivity contribution in [1.29, 1.82) is 0 Å². The molecule has 5 nitrogen and oxygen atoms in total. The average molecular weight is 329 g/mol. The number of hydrogen-bond donors (Lipinski definition) is 2. The molecule has 0 saturated carbocycles. The van der Waals surface area contributed by atoms with Gasteiger partial charge < -0.3 is 9.75 Å². The van der Waals surface area contributed by atoms with Crippen LogP contribution in [0.4, 0.5) is 5.69 Å². The van der Waals surface area contributed by atoms with E-state index in [-0.39, 0.29) is 0 Å². The third-order valence-corrected chi connectivity index (χ3v) is 3.71. The zero-order valence-corrected chi connectivity index (χ0v) is 13.4. The summed E-state index contributed by atoms with van der Waals surface area (Å²) in [4.78, 5) is 0. The Balaban J connectivity index is 1.72. The van der Waals surface area contributed by atoms with E-state index in [9.17, 15) is 0 Å². The Labute approximate surface area is 139 Å². The first-order valence-electron chi connectivity index (χ1n) is 7.14. The summed E-state index contributed by atoms with van der Waals surface area (Å²) in [5, 5.41) is 9.41. The number of nitrogens with two attached hydrogens (primary N) is 1. The van der Waals surface area contributed by atoms with Crippen molar-refractivity contribution >= 4 is 17.3 Å². The van der Waals surface area contributed by atoms with Crippen LogP contribution in [0.2, 0.25) is 5.02 Å². The molecule has 0 aliphatic rings. The normalized spacial score (nSPS) is 10.6. The second-order valence-corrected chi connectivity index (χ2v) is 5.59. The lowest BCUT2D eigenvalue weighted by Crippen LogP contribution is -2.26. The molecule has 0 atom stereocenters. The lowest BCUT2D eigenvalue weighted by atomic mass is 10.1. The first-order valence-corrected chi connectivity index (χ1v) is 7.52.